The summed E-state index contributed by atoms with van der Waals surface area (Å²) < 4.78 is 5.22. The molecule has 0 heterocycles. The molecule has 0 aliphatic heterocycles. The van der Waals surface area contributed by atoms with Gasteiger partial charge in [0.15, 0.2) is 0 Å². The van der Waals surface area contributed by atoms with Crippen LogP contribution in [0, 0.1) is 0 Å². The molecule has 0 aromatic carbocycles. The second-order valence-corrected chi connectivity index (χ2v) is 3.43. The molecule has 0 radical (unpaired) electrons. The van der Waals surface area contributed by atoms with Crippen LogP contribution in [0.4, 0.5) is 0 Å². The van der Waals surface area contributed by atoms with Crippen molar-refractivity contribution in [3.63, 3.8) is 0 Å². The van der Waals surface area contributed by atoms with E-state index in [0.717, 1.165) is 0 Å². The van der Waals surface area contributed by atoms with E-state index in [1.807, 2.05) is 13.8 Å². The van der Waals surface area contributed by atoms with Crippen LogP contribution in [-0.2, 0) is 4.74 Å². The molecule has 0 amide bonds. The maximum absolute atomic E-state index is 11.0. The Labute approximate surface area is 81.5 Å². The van der Waals surface area contributed by atoms with Gasteiger partial charge in [-0.05, 0) is 20.3 Å². The number of rotatable bonds is 4. The van der Waals surface area contributed by atoms with Crippen molar-refractivity contribution < 1.29 is 28.7 Å². The van der Waals surface area contributed by atoms with Gasteiger partial charge in [-0.25, -0.2) is 0 Å². The van der Waals surface area contributed by atoms with E-state index >= 15 is 0 Å². The molecular formula is C8H17LiO2. The molecule has 0 unspecified atom stereocenters. The van der Waals surface area contributed by atoms with E-state index in [1.54, 1.807) is 13.8 Å². The van der Waals surface area contributed by atoms with E-state index in [4.69, 9.17) is 4.74 Å². The fourth-order valence-electron chi connectivity index (χ4n) is 0.540. The molecule has 0 fully saturated rings. The molecule has 0 aromatic rings. The van der Waals surface area contributed by atoms with E-state index in [0.29, 0.717) is 13.0 Å². The fourth-order valence-corrected chi connectivity index (χ4v) is 0.540. The first-order valence-electron chi connectivity index (χ1n) is 3.74. The minimum atomic E-state index is -0.838. The predicted molar refractivity (Wildman–Crippen MR) is 39.8 cm³/mol. The van der Waals surface area contributed by atoms with Crippen molar-refractivity contribution in [2.24, 2.45) is 0 Å². The summed E-state index contributed by atoms with van der Waals surface area (Å²) in [6, 6.07) is 0. The summed E-state index contributed by atoms with van der Waals surface area (Å²) in [6.07, 6.45) is 0.827. The summed E-state index contributed by atoms with van der Waals surface area (Å²) in [5.41, 5.74) is -0.838. The minimum absolute atomic E-state index is 0. The predicted octanol–water partition coefficient (Wildman–Crippen LogP) is -2.06. The van der Waals surface area contributed by atoms with Crippen LogP contribution in [0.1, 0.15) is 34.1 Å². The van der Waals surface area contributed by atoms with E-state index in [-0.39, 0.29) is 25.0 Å². The zero-order chi connectivity index (χ0) is 8.20. The number of hydrogen-bond donors (Lipinski definition) is 0. The van der Waals surface area contributed by atoms with E-state index in [2.05, 4.69) is 0 Å². The molecule has 0 aromatic heterocycles. The van der Waals surface area contributed by atoms with Gasteiger partial charge >= 0.3 is 18.9 Å². The molecule has 0 aliphatic rings. The van der Waals surface area contributed by atoms with Crippen LogP contribution in [-0.4, -0.2) is 18.3 Å². The van der Waals surface area contributed by atoms with Crippen LogP contribution in [0.15, 0.2) is 0 Å². The topological polar surface area (TPSA) is 32.3 Å². The zero-order valence-corrected chi connectivity index (χ0v) is 8.31. The maximum Gasteiger partial charge on any atom is 1.00 e. The van der Waals surface area contributed by atoms with Crippen LogP contribution in [0.2, 0.25) is 0 Å². The fraction of sp³-hybridized carbons (Fsp3) is 1.00. The Morgan fingerprint density at radius 1 is 1.36 bits per heavy atom. The normalized spacial score (nSPS) is 11.5. The molecule has 0 spiro atoms. The summed E-state index contributed by atoms with van der Waals surface area (Å²) in [5, 5.41) is 11.0. The van der Waals surface area contributed by atoms with Crippen LogP contribution in [0.3, 0.4) is 0 Å². The van der Waals surface area contributed by atoms with Gasteiger partial charge in [0, 0.05) is 6.61 Å². The van der Waals surface area contributed by atoms with Gasteiger partial charge in [-0.3, -0.25) is 0 Å². The Bertz CT molecular complexity index is 86.6. The molecule has 11 heavy (non-hydrogen) atoms. The Morgan fingerprint density at radius 3 is 2.09 bits per heavy atom. The van der Waals surface area contributed by atoms with Gasteiger partial charge in [0.2, 0.25) is 0 Å². The van der Waals surface area contributed by atoms with Gasteiger partial charge in [0.1, 0.15) is 0 Å². The third-order valence-corrected chi connectivity index (χ3v) is 1.16. The van der Waals surface area contributed by atoms with Gasteiger partial charge in [-0.1, -0.05) is 13.8 Å². The second-order valence-electron chi connectivity index (χ2n) is 3.43. The first-order valence-corrected chi connectivity index (χ1v) is 3.74. The van der Waals surface area contributed by atoms with Crippen molar-refractivity contribution >= 4 is 0 Å². The zero-order valence-electron chi connectivity index (χ0n) is 8.31. The van der Waals surface area contributed by atoms with Crippen LogP contribution >= 0.6 is 0 Å². The average Bonchev–Trinajstić information content (AvgIpc) is 1.59. The molecule has 0 rings (SSSR count). The van der Waals surface area contributed by atoms with Crippen molar-refractivity contribution in [2.75, 3.05) is 6.61 Å². The molecule has 0 N–H and O–H groups in total. The Morgan fingerprint density at radius 2 is 1.82 bits per heavy atom. The first-order chi connectivity index (χ1) is 4.42. The van der Waals surface area contributed by atoms with Gasteiger partial charge in [-0.15, -0.1) is 5.60 Å². The Hall–Kier alpha value is 0.517. The second kappa shape index (κ2) is 6.08. The smallest absolute Gasteiger partial charge is 0.850 e. The van der Waals surface area contributed by atoms with Crippen LogP contribution in [0.25, 0.3) is 0 Å². The third kappa shape index (κ3) is 13.5. The molecule has 0 saturated carbocycles. The van der Waals surface area contributed by atoms with Crippen molar-refractivity contribution in [3.8, 4) is 0 Å². The van der Waals surface area contributed by atoms with Crippen molar-refractivity contribution in [1.82, 2.24) is 0 Å². The number of hydrogen-bond acceptors (Lipinski definition) is 2. The van der Waals surface area contributed by atoms with Gasteiger partial charge in [-0.2, -0.15) is 0 Å². The average molecular weight is 152 g/mol. The standard InChI is InChI=1S/C8H17O2.Li/c1-7(2)10-6-5-8(3,4)9;/h7H,5-6H2,1-4H3;/q-1;+1. The third-order valence-electron chi connectivity index (χ3n) is 1.16. The summed E-state index contributed by atoms with van der Waals surface area (Å²) in [4.78, 5) is 0. The van der Waals surface area contributed by atoms with Gasteiger partial charge in [0.05, 0.1) is 6.10 Å². The minimum Gasteiger partial charge on any atom is -0.850 e. The number of ether oxygens (including phenoxy) is 1. The Balaban J connectivity index is 0. The molecule has 0 aliphatic carbocycles. The largest absolute Gasteiger partial charge is 1.00 e. The van der Waals surface area contributed by atoms with Gasteiger partial charge in [0.25, 0.3) is 0 Å². The molecular weight excluding hydrogens is 135 g/mol. The van der Waals surface area contributed by atoms with E-state index in [1.165, 1.54) is 0 Å². The summed E-state index contributed by atoms with van der Waals surface area (Å²) in [6.45, 7) is 7.87. The Kier molecular flexibility index (Phi) is 7.77. The van der Waals surface area contributed by atoms with E-state index in [9.17, 15) is 5.11 Å². The molecule has 2 nitrogen and oxygen atoms in total. The maximum atomic E-state index is 11.0. The van der Waals surface area contributed by atoms with Crippen molar-refractivity contribution in [2.45, 2.75) is 45.8 Å². The summed E-state index contributed by atoms with van der Waals surface area (Å²) >= 11 is 0. The summed E-state index contributed by atoms with van der Waals surface area (Å²) in [7, 11) is 0. The first kappa shape index (κ1) is 14.1. The molecule has 0 atom stereocenters. The SMILES string of the molecule is CC(C)OCCC(C)(C)[O-].[Li+]. The molecule has 0 bridgehead atoms. The molecule has 62 valence electrons. The van der Waals surface area contributed by atoms with E-state index < -0.39 is 5.60 Å². The monoisotopic (exact) mass is 152 g/mol. The molecule has 0 saturated heterocycles. The molecule has 3 heteroatoms. The van der Waals surface area contributed by atoms with Crippen LogP contribution in [0.5, 0.6) is 0 Å². The van der Waals surface area contributed by atoms with Crippen molar-refractivity contribution in [3.05, 3.63) is 0 Å². The van der Waals surface area contributed by atoms with Crippen LogP contribution < -0.4 is 24.0 Å². The quantitative estimate of drug-likeness (QED) is 0.434. The summed E-state index contributed by atoms with van der Waals surface area (Å²) in [5.74, 6) is 0. The van der Waals surface area contributed by atoms with Crippen molar-refractivity contribution in [1.29, 1.82) is 0 Å². The van der Waals surface area contributed by atoms with Gasteiger partial charge < -0.3 is 9.84 Å².